The van der Waals surface area contributed by atoms with Crippen molar-refractivity contribution in [3.05, 3.63) is 84.0 Å². The van der Waals surface area contributed by atoms with E-state index in [-0.39, 0.29) is 24.5 Å². The Balaban J connectivity index is 2.04. The number of aliphatic hydroxyl groups excluding tert-OH is 2. The number of likely N-dealkylation sites (tertiary alicyclic amines) is 1. The average Bonchev–Trinajstić information content (AvgIpc) is 3.01. The molecule has 29 heavy (non-hydrogen) atoms. The highest BCUT2D eigenvalue weighted by Gasteiger charge is 2.45. The molecule has 3 rings (SSSR count). The minimum atomic E-state index is -0.735. The molecule has 0 radical (unpaired) electrons. The van der Waals surface area contributed by atoms with Crippen LogP contribution in [0.4, 0.5) is 0 Å². The Labute approximate surface area is 169 Å². The Hall–Kier alpha value is -3.38. The monoisotopic (exact) mass is 393 g/mol. The molecule has 6 heteroatoms. The van der Waals surface area contributed by atoms with E-state index in [1.54, 1.807) is 30.3 Å². The summed E-state index contributed by atoms with van der Waals surface area (Å²) in [5.41, 5.74) is 1.17. The number of nitrogens with zero attached hydrogens (tertiary/aromatic N) is 1. The van der Waals surface area contributed by atoms with E-state index in [1.165, 1.54) is 4.90 Å². The van der Waals surface area contributed by atoms with Crippen molar-refractivity contribution < 1.29 is 24.5 Å². The Kier molecular flexibility index (Phi) is 6.46. The van der Waals surface area contributed by atoms with Crippen LogP contribution in [0.1, 0.15) is 23.6 Å². The first-order valence-corrected chi connectivity index (χ1v) is 9.36. The summed E-state index contributed by atoms with van der Waals surface area (Å²) in [6, 6.07) is 15.0. The summed E-state index contributed by atoms with van der Waals surface area (Å²) in [5.74, 6) is -1.05. The molecule has 2 N–H and O–H groups in total. The maximum atomic E-state index is 12.8. The fourth-order valence-electron chi connectivity index (χ4n) is 3.35. The largest absolute Gasteiger partial charge is 0.507 e. The molecule has 0 bridgehead atoms. The fourth-order valence-corrected chi connectivity index (χ4v) is 3.35. The molecule has 1 saturated heterocycles. The highest BCUT2D eigenvalue weighted by atomic mass is 16.5. The van der Waals surface area contributed by atoms with Gasteiger partial charge in [0, 0.05) is 18.7 Å². The lowest BCUT2D eigenvalue weighted by atomic mass is 9.95. The van der Waals surface area contributed by atoms with Crippen LogP contribution in [0, 0.1) is 0 Å². The molecular formula is C23H23NO5. The lowest BCUT2D eigenvalue weighted by molar-refractivity contribution is -0.140. The molecule has 1 aliphatic rings. The number of amides is 1. The van der Waals surface area contributed by atoms with Crippen molar-refractivity contribution >= 4 is 17.4 Å². The van der Waals surface area contributed by atoms with Gasteiger partial charge in [-0.3, -0.25) is 9.59 Å². The summed E-state index contributed by atoms with van der Waals surface area (Å²) in [6.07, 6.45) is 1.97. The molecule has 1 amide bonds. The van der Waals surface area contributed by atoms with Crippen LogP contribution < -0.4 is 4.74 Å². The van der Waals surface area contributed by atoms with Crippen molar-refractivity contribution in [2.45, 2.75) is 12.5 Å². The minimum absolute atomic E-state index is 0.0406. The number of hydrogen-bond donors (Lipinski definition) is 2. The molecule has 0 spiro atoms. The van der Waals surface area contributed by atoms with Gasteiger partial charge in [0.25, 0.3) is 11.7 Å². The second-order valence-corrected chi connectivity index (χ2v) is 6.60. The molecule has 2 aromatic rings. The fraction of sp³-hybridized carbons (Fsp3) is 0.217. The van der Waals surface area contributed by atoms with Gasteiger partial charge in [-0.25, -0.2) is 0 Å². The molecule has 6 nitrogen and oxygen atoms in total. The van der Waals surface area contributed by atoms with Crippen LogP contribution in [0.5, 0.6) is 5.75 Å². The van der Waals surface area contributed by atoms with Gasteiger partial charge in [-0.15, -0.1) is 0 Å². The third kappa shape index (κ3) is 4.22. The normalized spacial score (nSPS) is 18.1. The summed E-state index contributed by atoms with van der Waals surface area (Å²) >= 11 is 0. The van der Waals surface area contributed by atoms with Gasteiger partial charge in [-0.1, -0.05) is 43.0 Å². The lowest BCUT2D eigenvalue weighted by Gasteiger charge is -2.25. The van der Waals surface area contributed by atoms with Gasteiger partial charge in [0.2, 0.25) is 0 Å². The van der Waals surface area contributed by atoms with Gasteiger partial charge in [0.1, 0.15) is 18.1 Å². The first kappa shape index (κ1) is 20.4. The van der Waals surface area contributed by atoms with Crippen LogP contribution in [0.3, 0.4) is 0 Å². The van der Waals surface area contributed by atoms with E-state index in [2.05, 4.69) is 6.58 Å². The van der Waals surface area contributed by atoms with Gasteiger partial charge in [-0.05, 0) is 36.2 Å². The topological polar surface area (TPSA) is 87.1 Å². The SMILES string of the molecule is C=CCOc1ccc(/C(O)=C2\C(=O)C(=O)N(CCCO)C2c2ccccc2)cc1. The predicted octanol–water partition coefficient (Wildman–Crippen LogP) is 3.06. The van der Waals surface area contributed by atoms with Gasteiger partial charge < -0.3 is 19.8 Å². The molecule has 0 saturated carbocycles. The first-order valence-electron chi connectivity index (χ1n) is 9.36. The second kappa shape index (κ2) is 9.21. The number of hydrogen-bond acceptors (Lipinski definition) is 5. The van der Waals surface area contributed by atoms with Crippen LogP contribution >= 0.6 is 0 Å². The Morgan fingerprint density at radius 1 is 1.10 bits per heavy atom. The number of ketones is 1. The highest BCUT2D eigenvalue weighted by Crippen LogP contribution is 2.39. The molecule has 1 unspecified atom stereocenters. The van der Waals surface area contributed by atoms with E-state index < -0.39 is 17.7 Å². The van der Waals surface area contributed by atoms with Crippen LogP contribution in [-0.4, -0.2) is 46.6 Å². The van der Waals surface area contributed by atoms with Crippen LogP contribution in [-0.2, 0) is 9.59 Å². The van der Waals surface area contributed by atoms with Crippen LogP contribution in [0.2, 0.25) is 0 Å². The standard InChI is InChI=1S/C23H23NO5/c1-2-15-29-18-11-9-17(10-12-18)21(26)19-20(16-7-4-3-5-8-16)24(13-6-14-25)23(28)22(19)27/h2-5,7-12,20,25-26H,1,6,13-15H2/b21-19+. The summed E-state index contributed by atoms with van der Waals surface area (Å²) in [5, 5.41) is 20.1. The molecule has 150 valence electrons. The van der Waals surface area contributed by atoms with Crippen molar-refractivity contribution in [3.8, 4) is 5.75 Å². The van der Waals surface area contributed by atoms with Gasteiger partial charge in [0.05, 0.1) is 11.6 Å². The Morgan fingerprint density at radius 2 is 1.79 bits per heavy atom. The molecule has 0 aliphatic carbocycles. The molecule has 0 aromatic heterocycles. The van der Waals surface area contributed by atoms with Crippen molar-refractivity contribution in [2.24, 2.45) is 0 Å². The summed E-state index contributed by atoms with van der Waals surface area (Å²) in [7, 11) is 0. The molecule has 1 atom stereocenters. The van der Waals surface area contributed by atoms with E-state index in [9.17, 15) is 19.8 Å². The van der Waals surface area contributed by atoms with Gasteiger partial charge in [-0.2, -0.15) is 0 Å². The number of aliphatic hydroxyl groups is 2. The summed E-state index contributed by atoms with van der Waals surface area (Å²) in [6.45, 7) is 4.06. The van der Waals surface area contributed by atoms with E-state index in [1.807, 2.05) is 30.3 Å². The predicted molar refractivity (Wildman–Crippen MR) is 109 cm³/mol. The smallest absolute Gasteiger partial charge is 0.295 e. The number of carbonyl (C=O) groups is 2. The maximum absolute atomic E-state index is 12.8. The van der Waals surface area contributed by atoms with Crippen molar-refractivity contribution in [2.75, 3.05) is 19.8 Å². The molecule has 2 aromatic carbocycles. The third-order valence-corrected chi connectivity index (χ3v) is 4.71. The number of Topliss-reactive ketones (excluding diaryl/α,β-unsaturated/α-hetero) is 1. The quantitative estimate of drug-likeness (QED) is 0.312. The Bertz CT molecular complexity index is 918. The molecular weight excluding hydrogens is 370 g/mol. The van der Waals surface area contributed by atoms with Crippen molar-refractivity contribution in [1.29, 1.82) is 0 Å². The van der Waals surface area contributed by atoms with Crippen LogP contribution in [0.15, 0.2) is 72.8 Å². The lowest BCUT2D eigenvalue weighted by Crippen LogP contribution is -2.31. The van der Waals surface area contributed by atoms with Gasteiger partial charge in [0.15, 0.2) is 0 Å². The zero-order valence-corrected chi connectivity index (χ0v) is 16.0. The zero-order chi connectivity index (χ0) is 20.8. The average molecular weight is 393 g/mol. The Morgan fingerprint density at radius 3 is 2.41 bits per heavy atom. The highest BCUT2D eigenvalue weighted by molar-refractivity contribution is 6.46. The molecule has 1 aliphatic heterocycles. The zero-order valence-electron chi connectivity index (χ0n) is 16.0. The number of rotatable bonds is 8. The van der Waals surface area contributed by atoms with E-state index in [0.29, 0.717) is 24.3 Å². The molecule has 1 fully saturated rings. The second-order valence-electron chi connectivity index (χ2n) is 6.60. The molecule has 1 heterocycles. The van der Waals surface area contributed by atoms with Crippen molar-refractivity contribution in [1.82, 2.24) is 4.90 Å². The maximum Gasteiger partial charge on any atom is 0.295 e. The van der Waals surface area contributed by atoms with E-state index in [0.717, 1.165) is 5.56 Å². The van der Waals surface area contributed by atoms with Crippen LogP contribution in [0.25, 0.3) is 5.76 Å². The number of ether oxygens (including phenoxy) is 1. The van der Waals surface area contributed by atoms with Crippen molar-refractivity contribution in [3.63, 3.8) is 0 Å². The number of carbonyl (C=O) groups excluding carboxylic acids is 2. The summed E-state index contributed by atoms with van der Waals surface area (Å²) in [4.78, 5) is 26.8. The van der Waals surface area contributed by atoms with Gasteiger partial charge >= 0.3 is 0 Å². The van der Waals surface area contributed by atoms with E-state index in [4.69, 9.17) is 4.74 Å². The first-order chi connectivity index (χ1) is 14.1. The minimum Gasteiger partial charge on any atom is -0.507 e. The number of benzene rings is 2. The third-order valence-electron chi connectivity index (χ3n) is 4.71. The summed E-state index contributed by atoms with van der Waals surface area (Å²) < 4.78 is 5.44. The van der Waals surface area contributed by atoms with E-state index >= 15 is 0 Å².